The highest BCUT2D eigenvalue weighted by Gasteiger charge is 2.21. The summed E-state index contributed by atoms with van der Waals surface area (Å²) in [5.41, 5.74) is 2.65. The van der Waals surface area contributed by atoms with Gasteiger partial charge in [-0.2, -0.15) is 0 Å². The molecular weight excluding hydrogens is 449 g/mol. The van der Waals surface area contributed by atoms with Crippen LogP contribution in [0.2, 0.25) is 0 Å². The Morgan fingerprint density at radius 1 is 0.938 bits per heavy atom. The van der Waals surface area contributed by atoms with Gasteiger partial charge >= 0.3 is 5.97 Å². The zero-order valence-corrected chi connectivity index (χ0v) is 18.8. The largest absolute Gasteiger partial charge is 0.457 e. The van der Waals surface area contributed by atoms with E-state index in [1.54, 1.807) is 26.0 Å². The van der Waals surface area contributed by atoms with Gasteiger partial charge in [-0.15, -0.1) is 11.3 Å². The Kier molecular flexibility index (Phi) is 6.38. The Labute approximate surface area is 191 Å². The molecule has 1 amide bonds. The lowest BCUT2D eigenvalue weighted by molar-refractivity contribution is 0.0477. The van der Waals surface area contributed by atoms with Gasteiger partial charge in [0.1, 0.15) is 27.2 Å². The highest BCUT2D eigenvalue weighted by atomic mass is 32.1. The number of amides is 1. The number of rotatable bonds is 6. The van der Waals surface area contributed by atoms with Crippen LogP contribution in [-0.2, 0) is 11.3 Å². The van der Waals surface area contributed by atoms with E-state index in [1.165, 1.54) is 23.5 Å². The average Bonchev–Trinajstić information content (AvgIpc) is 3.35. The summed E-state index contributed by atoms with van der Waals surface area (Å²) < 4.78 is 18.5. The Hall–Kier alpha value is -3.43. The Morgan fingerprint density at radius 2 is 1.62 bits per heavy atom. The third-order valence-electron chi connectivity index (χ3n) is 4.51. The van der Waals surface area contributed by atoms with E-state index >= 15 is 0 Å². The second-order valence-electron chi connectivity index (χ2n) is 6.89. The van der Waals surface area contributed by atoms with Crippen molar-refractivity contribution in [2.45, 2.75) is 20.5 Å². The first-order valence-corrected chi connectivity index (χ1v) is 11.3. The van der Waals surface area contributed by atoms with Crippen molar-refractivity contribution in [3.63, 3.8) is 0 Å². The molecule has 0 spiro atoms. The van der Waals surface area contributed by atoms with Crippen LogP contribution in [0.3, 0.4) is 0 Å². The van der Waals surface area contributed by atoms with Crippen LogP contribution in [0.4, 0.5) is 9.52 Å². The lowest BCUT2D eigenvalue weighted by Crippen LogP contribution is -2.11. The summed E-state index contributed by atoms with van der Waals surface area (Å²) in [5, 5.41) is 3.65. The predicted octanol–water partition coefficient (Wildman–Crippen LogP) is 5.63. The number of hydrogen-bond donors (Lipinski definition) is 1. The van der Waals surface area contributed by atoms with Crippen LogP contribution in [0.5, 0.6) is 0 Å². The second kappa shape index (κ2) is 9.37. The molecule has 0 aliphatic rings. The van der Waals surface area contributed by atoms with Crippen molar-refractivity contribution >= 4 is 39.7 Å². The van der Waals surface area contributed by atoms with Gasteiger partial charge in [0.05, 0.1) is 11.4 Å². The van der Waals surface area contributed by atoms with E-state index in [2.05, 4.69) is 15.3 Å². The van der Waals surface area contributed by atoms with Gasteiger partial charge in [-0.25, -0.2) is 19.2 Å². The first-order valence-electron chi connectivity index (χ1n) is 9.64. The molecule has 1 N–H and O–H groups in total. The van der Waals surface area contributed by atoms with Gasteiger partial charge in [0.2, 0.25) is 0 Å². The molecule has 4 rings (SSSR count). The third-order valence-corrected chi connectivity index (χ3v) is 6.77. The van der Waals surface area contributed by atoms with Crippen LogP contribution in [0.1, 0.15) is 36.3 Å². The van der Waals surface area contributed by atoms with Crippen molar-refractivity contribution in [1.29, 1.82) is 0 Å². The number of aryl methyl sites for hydroxylation is 2. The molecule has 0 aliphatic carbocycles. The normalized spacial score (nSPS) is 10.7. The molecule has 0 saturated carbocycles. The minimum atomic E-state index is -0.489. The van der Waals surface area contributed by atoms with Crippen LogP contribution < -0.4 is 5.32 Å². The molecule has 0 radical (unpaired) electrons. The molecule has 4 aromatic rings. The number of benzene rings is 2. The highest BCUT2D eigenvalue weighted by molar-refractivity contribution is 7.18. The summed E-state index contributed by atoms with van der Waals surface area (Å²) in [6.07, 6.45) is 0. The molecule has 0 bridgehead atoms. The van der Waals surface area contributed by atoms with E-state index in [0.29, 0.717) is 31.3 Å². The number of nitrogens with zero attached hydrogens (tertiary/aromatic N) is 2. The molecule has 32 heavy (non-hydrogen) atoms. The van der Waals surface area contributed by atoms with Gasteiger partial charge in [0.25, 0.3) is 5.91 Å². The maximum atomic E-state index is 13.2. The van der Waals surface area contributed by atoms with Gasteiger partial charge in [0, 0.05) is 5.56 Å². The van der Waals surface area contributed by atoms with E-state index in [4.69, 9.17) is 4.74 Å². The van der Waals surface area contributed by atoms with Crippen LogP contribution in [0, 0.1) is 19.7 Å². The van der Waals surface area contributed by atoms with Crippen LogP contribution >= 0.6 is 22.7 Å². The smallest absolute Gasteiger partial charge is 0.350 e. The zero-order valence-electron chi connectivity index (χ0n) is 17.2. The Bertz CT molecular complexity index is 1270. The molecule has 0 atom stereocenters. The fourth-order valence-electron chi connectivity index (χ4n) is 2.90. The monoisotopic (exact) mass is 467 g/mol. The van der Waals surface area contributed by atoms with Crippen molar-refractivity contribution in [3.8, 4) is 10.6 Å². The second-order valence-corrected chi connectivity index (χ2v) is 8.89. The van der Waals surface area contributed by atoms with Gasteiger partial charge < -0.3 is 4.74 Å². The molecule has 0 fully saturated rings. The first-order chi connectivity index (χ1) is 15.4. The number of thiazole rings is 2. The van der Waals surface area contributed by atoms with Gasteiger partial charge in [-0.1, -0.05) is 41.7 Å². The topological polar surface area (TPSA) is 81.2 Å². The summed E-state index contributed by atoms with van der Waals surface area (Å²) in [6, 6.07) is 15.3. The molecule has 2 aromatic heterocycles. The van der Waals surface area contributed by atoms with Crippen LogP contribution in [0.25, 0.3) is 10.6 Å². The van der Waals surface area contributed by atoms with Crippen molar-refractivity contribution in [3.05, 3.63) is 87.1 Å². The molecule has 0 unspecified atom stereocenters. The summed E-state index contributed by atoms with van der Waals surface area (Å²) in [4.78, 5) is 34.7. The maximum Gasteiger partial charge on any atom is 0.350 e. The number of esters is 1. The van der Waals surface area contributed by atoms with Crippen molar-refractivity contribution in [2.75, 3.05) is 5.32 Å². The molecule has 0 aliphatic heterocycles. The minimum Gasteiger partial charge on any atom is -0.457 e. The number of ether oxygens (including phenoxy) is 1. The molecule has 2 aromatic carbocycles. The number of carbonyl (C=O) groups excluding carboxylic acids is 2. The molecule has 0 saturated heterocycles. The summed E-state index contributed by atoms with van der Waals surface area (Å²) in [5.74, 6) is -1.19. The molecule has 162 valence electrons. The number of nitrogens with one attached hydrogen (secondary N) is 1. The number of carbonyl (C=O) groups is 2. The van der Waals surface area contributed by atoms with Crippen molar-refractivity contribution < 1.29 is 18.7 Å². The highest BCUT2D eigenvalue weighted by Crippen LogP contribution is 2.30. The summed E-state index contributed by atoms with van der Waals surface area (Å²) in [7, 11) is 0. The van der Waals surface area contributed by atoms with Gasteiger partial charge in [0.15, 0.2) is 5.13 Å². The van der Waals surface area contributed by atoms with E-state index in [1.807, 2.05) is 30.3 Å². The van der Waals surface area contributed by atoms with Gasteiger partial charge in [-0.05, 0) is 43.7 Å². The maximum absolute atomic E-state index is 13.2. The van der Waals surface area contributed by atoms with Crippen molar-refractivity contribution in [1.82, 2.24) is 9.97 Å². The average molecular weight is 468 g/mol. The minimum absolute atomic E-state index is 0.158. The number of hydrogen-bond acceptors (Lipinski definition) is 7. The van der Waals surface area contributed by atoms with E-state index in [0.717, 1.165) is 22.5 Å². The SMILES string of the molecule is Cc1nc(-c2ccc(F)cc2)sc1C(=O)Nc1nc(C)c(C(=O)OCc2ccccc2)s1. The fourth-order valence-corrected chi connectivity index (χ4v) is 4.73. The lowest BCUT2D eigenvalue weighted by atomic mass is 10.2. The standard InChI is InChI=1S/C23H18FN3O3S2/c1-13-18(31-21(25-13)16-8-10-17(24)11-9-16)20(28)27-23-26-14(2)19(32-23)22(29)30-12-15-6-4-3-5-7-15/h3-11H,12H2,1-2H3,(H,26,27,28). The third kappa shape index (κ3) is 4.90. The fraction of sp³-hybridized carbons (Fsp3) is 0.130. The van der Waals surface area contributed by atoms with Crippen LogP contribution in [-0.4, -0.2) is 21.8 Å². The number of anilines is 1. The molecule has 2 heterocycles. The van der Waals surface area contributed by atoms with E-state index < -0.39 is 5.97 Å². The molecule has 9 heteroatoms. The lowest BCUT2D eigenvalue weighted by Gasteiger charge is -2.03. The number of halogens is 1. The number of aromatic nitrogens is 2. The quantitative estimate of drug-likeness (QED) is 0.372. The van der Waals surface area contributed by atoms with Gasteiger partial charge in [-0.3, -0.25) is 10.1 Å². The predicted molar refractivity (Wildman–Crippen MR) is 123 cm³/mol. The summed E-state index contributed by atoms with van der Waals surface area (Å²) >= 11 is 2.27. The zero-order chi connectivity index (χ0) is 22.7. The van der Waals surface area contributed by atoms with Crippen molar-refractivity contribution in [2.24, 2.45) is 0 Å². The summed E-state index contributed by atoms with van der Waals surface area (Å²) in [6.45, 7) is 3.58. The Balaban J connectivity index is 1.45. The van der Waals surface area contributed by atoms with E-state index in [-0.39, 0.29) is 18.3 Å². The Morgan fingerprint density at radius 3 is 2.34 bits per heavy atom. The van der Waals surface area contributed by atoms with E-state index in [9.17, 15) is 14.0 Å². The van der Waals surface area contributed by atoms with Crippen LogP contribution in [0.15, 0.2) is 54.6 Å². The molecular formula is C23H18FN3O3S2. The molecule has 6 nitrogen and oxygen atoms in total. The first kappa shape index (κ1) is 21.8.